The van der Waals surface area contributed by atoms with Crippen molar-refractivity contribution in [2.45, 2.75) is 43.5 Å². The van der Waals surface area contributed by atoms with Crippen molar-refractivity contribution in [3.63, 3.8) is 0 Å². The van der Waals surface area contributed by atoms with Gasteiger partial charge < -0.3 is 39.7 Å². The fraction of sp³-hybridized carbons (Fsp3) is 0.562. The molecule has 25 heavy (non-hydrogen) atoms. The van der Waals surface area contributed by atoms with Crippen molar-refractivity contribution in [2.24, 2.45) is 0 Å². The van der Waals surface area contributed by atoms with Crippen LogP contribution in [0.5, 0.6) is 11.5 Å². The van der Waals surface area contributed by atoms with Gasteiger partial charge in [0.2, 0.25) is 6.29 Å². The molecule has 1 saturated heterocycles. The summed E-state index contributed by atoms with van der Waals surface area (Å²) < 4.78 is 16.0. The fourth-order valence-electron chi connectivity index (χ4n) is 2.51. The van der Waals surface area contributed by atoms with Crippen LogP contribution in [0, 0.1) is 0 Å². The minimum atomic E-state index is -1.57. The standard InChI is InChI=1S/C16H22O9/c1-23-9-4-2-8(3-5-12(18)19)10(6-9)24-16-15(22)14(21)13(20)11(7-17)25-16/h2,4,6,11,13-17,20-22H,3,5,7H2,1H3,(H,18,19)/t11-,13-,14+,15-,16-/m1/s1. The summed E-state index contributed by atoms with van der Waals surface area (Å²) in [7, 11) is 1.45. The molecule has 0 unspecified atom stereocenters. The van der Waals surface area contributed by atoms with Crippen molar-refractivity contribution in [2.75, 3.05) is 13.7 Å². The molecular weight excluding hydrogens is 336 g/mol. The van der Waals surface area contributed by atoms with Gasteiger partial charge in [-0.25, -0.2) is 0 Å². The predicted octanol–water partition coefficient (Wildman–Crippen LogP) is -1.11. The number of aliphatic hydroxyl groups is 4. The van der Waals surface area contributed by atoms with Gasteiger partial charge in [-0.15, -0.1) is 0 Å². The molecule has 1 aliphatic heterocycles. The van der Waals surface area contributed by atoms with E-state index in [0.29, 0.717) is 11.3 Å². The first kappa shape index (κ1) is 19.4. The summed E-state index contributed by atoms with van der Waals surface area (Å²) in [5, 5.41) is 47.7. The quantitative estimate of drug-likeness (QED) is 0.409. The van der Waals surface area contributed by atoms with Crippen LogP contribution in [0.1, 0.15) is 12.0 Å². The molecule has 1 aromatic carbocycles. The first-order valence-corrected chi connectivity index (χ1v) is 7.73. The van der Waals surface area contributed by atoms with Gasteiger partial charge in [-0.2, -0.15) is 0 Å². The predicted molar refractivity (Wildman–Crippen MR) is 83.3 cm³/mol. The van der Waals surface area contributed by atoms with E-state index in [2.05, 4.69) is 0 Å². The number of rotatable bonds is 7. The van der Waals surface area contributed by atoms with Gasteiger partial charge in [-0.1, -0.05) is 6.07 Å². The number of carboxylic acid groups (broad SMARTS) is 1. The van der Waals surface area contributed by atoms with Crippen LogP contribution in [0.15, 0.2) is 18.2 Å². The summed E-state index contributed by atoms with van der Waals surface area (Å²) in [6.07, 6.45) is -7.02. The SMILES string of the molecule is COc1ccc(CCC(=O)O)c(O[C@@H]2O[C@H](CO)[C@@H](O)[C@H](O)[C@H]2O)c1. The van der Waals surface area contributed by atoms with Gasteiger partial charge in [0.1, 0.15) is 35.9 Å². The highest BCUT2D eigenvalue weighted by Crippen LogP contribution is 2.30. The molecule has 140 valence electrons. The fourth-order valence-corrected chi connectivity index (χ4v) is 2.51. The van der Waals surface area contributed by atoms with Gasteiger partial charge in [-0.3, -0.25) is 4.79 Å². The Bertz CT molecular complexity index is 589. The zero-order valence-electron chi connectivity index (χ0n) is 13.6. The lowest BCUT2D eigenvalue weighted by atomic mass is 9.99. The second-order valence-electron chi connectivity index (χ2n) is 5.68. The maximum atomic E-state index is 10.8. The minimum Gasteiger partial charge on any atom is -0.497 e. The minimum absolute atomic E-state index is 0.128. The van der Waals surface area contributed by atoms with Crippen LogP contribution in [0.4, 0.5) is 0 Å². The number of hydrogen-bond donors (Lipinski definition) is 5. The van der Waals surface area contributed by atoms with E-state index in [4.69, 9.17) is 19.3 Å². The highest BCUT2D eigenvalue weighted by molar-refractivity contribution is 5.67. The Balaban J connectivity index is 2.22. The van der Waals surface area contributed by atoms with Crippen LogP contribution < -0.4 is 9.47 Å². The molecule has 1 fully saturated rings. The third kappa shape index (κ3) is 4.59. The Morgan fingerprint density at radius 3 is 2.52 bits per heavy atom. The van der Waals surface area contributed by atoms with Gasteiger partial charge in [0.25, 0.3) is 0 Å². The zero-order valence-corrected chi connectivity index (χ0v) is 13.6. The molecule has 5 N–H and O–H groups in total. The van der Waals surface area contributed by atoms with Gasteiger partial charge >= 0.3 is 5.97 Å². The van der Waals surface area contributed by atoms with E-state index in [1.807, 2.05) is 0 Å². The second-order valence-corrected chi connectivity index (χ2v) is 5.68. The summed E-state index contributed by atoms with van der Waals surface area (Å²) in [6, 6.07) is 4.76. The van der Waals surface area contributed by atoms with Crippen LogP contribution in [0.25, 0.3) is 0 Å². The smallest absolute Gasteiger partial charge is 0.303 e. The van der Waals surface area contributed by atoms with E-state index in [0.717, 1.165) is 0 Å². The first-order valence-electron chi connectivity index (χ1n) is 7.73. The van der Waals surface area contributed by atoms with Gasteiger partial charge in [0, 0.05) is 12.5 Å². The number of aliphatic hydroxyl groups excluding tert-OH is 4. The largest absolute Gasteiger partial charge is 0.497 e. The molecule has 0 aromatic heterocycles. The molecule has 1 aromatic rings. The average Bonchev–Trinajstić information content (AvgIpc) is 2.60. The van der Waals surface area contributed by atoms with Crippen molar-refractivity contribution in [3.05, 3.63) is 23.8 Å². The number of benzene rings is 1. The monoisotopic (exact) mass is 358 g/mol. The molecule has 0 amide bonds. The molecule has 0 saturated carbocycles. The van der Waals surface area contributed by atoms with E-state index in [9.17, 15) is 25.2 Å². The number of aryl methyl sites for hydroxylation is 1. The summed E-state index contributed by atoms with van der Waals surface area (Å²) in [5.41, 5.74) is 0.542. The average molecular weight is 358 g/mol. The maximum absolute atomic E-state index is 10.8. The van der Waals surface area contributed by atoms with E-state index in [1.165, 1.54) is 13.2 Å². The van der Waals surface area contributed by atoms with Gasteiger partial charge in [0.15, 0.2) is 0 Å². The van der Waals surface area contributed by atoms with E-state index in [1.54, 1.807) is 12.1 Å². The lowest BCUT2D eigenvalue weighted by Crippen LogP contribution is -2.60. The number of hydrogen-bond acceptors (Lipinski definition) is 8. The molecular formula is C16H22O9. The van der Waals surface area contributed by atoms with Crippen LogP contribution in [0.2, 0.25) is 0 Å². The second kappa shape index (κ2) is 8.45. The Labute approximate surface area is 144 Å². The number of methoxy groups -OCH3 is 1. The molecule has 0 aliphatic carbocycles. The number of ether oxygens (including phenoxy) is 3. The Morgan fingerprint density at radius 1 is 1.20 bits per heavy atom. The van der Waals surface area contributed by atoms with Crippen LogP contribution in [-0.4, -0.2) is 75.9 Å². The first-order chi connectivity index (χ1) is 11.9. The summed E-state index contributed by atoms with van der Waals surface area (Å²) in [5.74, 6) is -0.321. The molecule has 2 rings (SSSR count). The molecule has 0 radical (unpaired) electrons. The van der Waals surface area contributed by atoms with Gasteiger partial charge in [0.05, 0.1) is 13.7 Å². The van der Waals surface area contributed by atoms with Crippen LogP contribution in [-0.2, 0) is 16.0 Å². The Morgan fingerprint density at radius 2 is 1.92 bits per heavy atom. The van der Waals surface area contributed by atoms with E-state index in [-0.39, 0.29) is 18.6 Å². The molecule has 1 aliphatic rings. The Hall–Kier alpha value is -1.91. The van der Waals surface area contributed by atoms with Crippen molar-refractivity contribution in [1.29, 1.82) is 0 Å². The normalized spacial score (nSPS) is 29.2. The van der Waals surface area contributed by atoms with E-state index < -0.39 is 43.3 Å². The highest BCUT2D eigenvalue weighted by Gasteiger charge is 2.44. The topological polar surface area (TPSA) is 146 Å². The molecule has 9 nitrogen and oxygen atoms in total. The Kier molecular flexibility index (Phi) is 6.57. The van der Waals surface area contributed by atoms with Gasteiger partial charge in [-0.05, 0) is 18.1 Å². The van der Waals surface area contributed by atoms with Crippen LogP contribution in [0.3, 0.4) is 0 Å². The van der Waals surface area contributed by atoms with Crippen molar-refractivity contribution < 1.29 is 44.5 Å². The third-order valence-electron chi connectivity index (χ3n) is 3.97. The maximum Gasteiger partial charge on any atom is 0.303 e. The zero-order chi connectivity index (χ0) is 18.6. The van der Waals surface area contributed by atoms with Crippen molar-refractivity contribution in [1.82, 2.24) is 0 Å². The molecule has 9 heteroatoms. The van der Waals surface area contributed by atoms with Crippen LogP contribution >= 0.6 is 0 Å². The molecule has 0 spiro atoms. The van der Waals surface area contributed by atoms with Crippen molar-refractivity contribution in [3.8, 4) is 11.5 Å². The number of carboxylic acids is 1. The molecule has 1 heterocycles. The third-order valence-corrected chi connectivity index (χ3v) is 3.97. The highest BCUT2D eigenvalue weighted by atomic mass is 16.7. The molecule has 5 atom stereocenters. The molecule has 0 bridgehead atoms. The summed E-state index contributed by atoms with van der Waals surface area (Å²) in [6.45, 7) is -0.575. The number of carbonyl (C=O) groups is 1. The lowest BCUT2D eigenvalue weighted by molar-refractivity contribution is -0.277. The summed E-state index contributed by atoms with van der Waals surface area (Å²) in [4.78, 5) is 10.8. The van der Waals surface area contributed by atoms with Crippen molar-refractivity contribution >= 4 is 5.97 Å². The lowest BCUT2D eigenvalue weighted by Gasteiger charge is -2.39. The number of aliphatic carboxylic acids is 1. The summed E-state index contributed by atoms with van der Waals surface area (Å²) >= 11 is 0. The van der Waals surface area contributed by atoms with E-state index >= 15 is 0 Å².